The molecule has 0 atom stereocenters. The molecule has 0 spiro atoms. The average Bonchev–Trinajstić information content (AvgIpc) is 2.42. The summed E-state index contributed by atoms with van der Waals surface area (Å²) in [5.41, 5.74) is 6.71. The molecule has 0 aliphatic heterocycles. The van der Waals surface area contributed by atoms with Gasteiger partial charge in [0.1, 0.15) is 0 Å². The highest BCUT2D eigenvalue weighted by Gasteiger charge is 2.09. The molecule has 1 rings (SSSR count). The van der Waals surface area contributed by atoms with Gasteiger partial charge in [0.15, 0.2) is 0 Å². The second kappa shape index (κ2) is 8.41. The molecular weight excluding hydrogens is 276 g/mol. The third-order valence-electron chi connectivity index (χ3n) is 2.91. The van der Waals surface area contributed by atoms with E-state index in [-0.39, 0.29) is 5.91 Å². The number of halogens is 1. The number of nitriles is 1. The zero-order chi connectivity index (χ0) is 15.0. The van der Waals surface area contributed by atoms with Gasteiger partial charge in [0.25, 0.3) is 0 Å². The smallest absolute Gasteiger partial charge is 0.225 e. The molecule has 0 aliphatic carbocycles. The highest BCUT2D eigenvalue weighted by Crippen LogP contribution is 2.24. The summed E-state index contributed by atoms with van der Waals surface area (Å²) in [4.78, 5) is 13.9. The van der Waals surface area contributed by atoms with Crippen molar-refractivity contribution in [3.8, 4) is 6.07 Å². The third-order valence-corrected chi connectivity index (χ3v) is 3.22. The summed E-state index contributed by atoms with van der Waals surface area (Å²) in [7, 11) is 0. The maximum atomic E-state index is 11.9. The number of carbonyl (C=O) groups excluding carboxylic acids is 1. The van der Waals surface area contributed by atoms with Crippen LogP contribution in [0.3, 0.4) is 0 Å². The minimum Gasteiger partial charge on any atom is -0.399 e. The lowest BCUT2D eigenvalue weighted by atomic mass is 10.2. The number of hydrogen-bond donors (Lipinski definition) is 2. The molecule has 1 amide bonds. The minimum atomic E-state index is -0.105. The lowest BCUT2D eigenvalue weighted by molar-refractivity contribution is -0.116. The van der Waals surface area contributed by atoms with Crippen LogP contribution < -0.4 is 11.1 Å². The molecule has 1 aromatic rings. The summed E-state index contributed by atoms with van der Waals surface area (Å²) in [6.07, 6.45) is 0.833. The van der Waals surface area contributed by atoms with Crippen molar-refractivity contribution in [3.63, 3.8) is 0 Å². The van der Waals surface area contributed by atoms with Gasteiger partial charge < -0.3 is 16.0 Å². The lowest BCUT2D eigenvalue weighted by Crippen LogP contribution is -2.28. The Morgan fingerprint density at radius 2 is 2.25 bits per heavy atom. The van der Waals surface area contributed by atoms with Gasteiger partial charge >= 0.3 is 0 Å². The molecule has 0 aliphatic rings. The van der Waals surface area contributed by atoms with Crippen LogP contribution in [0.4, 0.5) is 11.4 Å². The van der Waals surface area contributed by atoms with Crippen molar-refractivity contribution in [3.05, 3.63) is 23.2 Å². The Labute approximate surface area is 124 Å². The number of amides is 1. The Balaban J connectivity index is 2.45. The van der Waals surface area contributed by atoms with Gasteiger partial charge in [-0.3, -0.25) is 4.79 Å². The van der Waals surface area contributed by atoms with Crippen LogP contribution in [0, 0.1) is 11.3 Å². The van der Waals surface area contributed by atoms with Crippen LogP contribution in [0.15, 0.2) is 18.2 Å². The quantitative estimate of drug-likeness (QED) is 0.757. The van der Waals surface area contributed by atoms with E-state index in [9.17, 15) is 4.79 Å². The van der Waals surface area contributed by atoms with E-state index in [0.29, 0.717) is 42.3 Å². The largest absolute Gasteiger partial charge is 0.399 e. The number of carbonyl (C=O) groups is 1. The predicted octanol–water partition coefficient (Wildman–Crippen LogP) is 2.49. The van der Waals surface area contributed by atoms with Gasteiger partial charge in [0, 0.05) is 31.6 Å². The van der Waals surface area contributed by atoms with Crippen LogP contribution in [-0.2, 0) is 4.79 Å². The van der Waals surface area contributed by atoms with E-state index in [1.807, 2.05) is 6.92 Å². The van der Waals surface area contributed by atoms with Gasteiger partial charge in [0.2, 0.25) is 5.91 Å². The van der Waals surface area contributed by atoms with E-state index in [0.717, 1.165) is 6.54 Å². The summed E-state index contributed by atoms with van der Waals surface area (Å²) < 4.78 is 0. The SMILES string of the molecule is CCN(CCC#N)CCC(=O)Nc1ccc(N)cc1Cl. The number of nitrogen functional groups attached to an aromatic ring is 1. The molecule has 0 aromatic heterocycles. The Morgan fingerprint density at radius 1 is 1.50 bits per heavy atom. The summed E-state index contributed by atoms with van der Waals surface area (Å²) >= 11 is 5.99. The summed E-state index contributed by atoms with van der Waals surface area (Å²) in [5, 5.41) is 11.7. The highest BCUT2D eigenvalue weighted by molar-refractivity contribution is 6.34. The Bertz CT molecular complexity index is 498. The van der Waals surface area contributed by atoms with Crippen LogP contribution in [0.5, 0.6) is 0 Å². The van der Waals surface area contributed by atoms with E-state index < -0.39 is 0 Å². The molecule has 0 fully saturated rings. The number of anilines is 2. The first-order valence-corrected chi connectivity index (χ1v) is 6.88. The topological polar surface area (TPSA) is 82.2 Å². The van der Waals surface area contributed by atoms with Crippen molar-refractivity contribution >= 4 is 28.9 Å². The molecule has 3 N–H and O–H groups in total. The molecule has 108 valence electrons. The number of nitrogens with zero attached hydrogens (tertiary/aromatic N) is 2. The summed E-state index contributed by atoms with van der Waals surface area (Å²) in [6.45, 7) is 4.13. The van der Waals surface area contributed by atoms with Crippen LogP contribution in [0.1, 0.15) is 19.8 Å². The Kier molecular flexibility index (Phi) is 6.85. The zero-order valence-electron chi connectivity index (χ0n) is 11.5. The molecular formula is C14H19ClN4O. The molecule has 0 bridgehead atoms. The summed E-state index contributed by atoms with van der Waals surface area (Å²) in [5.74, 6) is -0.105. The van der Waals surface area contributed by atoms with Gasteiger partial charge in [-0.25, -0.2) is 0 Å². The number of hydrogen-bond acceptors (Lipinski definition) is 4. The van der Waals surface area contributed by atoms with Crippen LogP contribution >= 0.6 is 11.6 Å². The summed E-state index contributed by atoms with van der Waals surface area (Å²) in [6, 6.07) is 7.07. The molecule has 0 saturated heterocycles. The molecule has 20 heavy (non-hydrogen) atoms. The predicted molar refractivity (Wildman–Crippen MR) is 81.5 cm³/mol. The normalized spacial score (nSPS) is 10.3. The molecule has 5 nitrogen and oxygen atoms in total. The zero-order valence-corrected chi connectivity index (χ0v) is 12.3. The van der Waals surface area contributed by atoms with E-state index in [2.05, 4.69) is 16.3 Å². The molecule has 0 heterocycles. The Morgan fingerprint density at radius 3 is 2.85 bits per heavy atom. The lowest BCUT2D eigenvalue weighted by Gasteiger charge is -2.18. The van der Waals surface area contributed by atoms with E-state index >= 15 is 0 Å². The average molecular weight is 295 g/mol. The van der Waals surface area contributed by atoms with Crippen LogP contribution in [0.2, 0.25) is 5.02 Å². The van der Waals surface area contributed by atoms with Crippen molar-refractivity contribution in [1.82, 2.24) is 4.90 Å². The van der Waals surface area contributed by atoms with Crippen molar-refractivity contribution in [1.29, 1.82) is 5.26 Å². The molecule has 0 radical (unpaired) electrons. The van der Waals surface area contributed by atoms with E-state index in [1.165, 1.54) is 0 Å². The van der Waals surface area contributed by atoms with E-state index in [1.54, 1.807) is 18.2 Å². The maximum absolute atomic E-state index is 11.9. The Hall–Kier alpha value is -1.77. The van der Waals surface area contributed by atoms with Crippen molar-refractivity contribution in [2.24, 2.45) is 0 Å². The molecule has 0 saturated carbocycles. The second-order valence-electron chi connectivity index (χ2n) is 4.38. The maximum Gasteiger partial charge on any atom is 0.225 e. The number of nitrogens with one attached hydrogen (secondary N) is 1. The fourth-order valence-corrected chi connectivity index (χ4v) is 1.98. The van der Waals surface area contributed by atoms with Gasteiger partial charge in [0.05, 0.1) is 16.8 Å². The van der Waals surface area contributed by atoms with Gasteiger partial charge in [-0.1, -0.05) is 18.5 Å². The van der Waals surface area contributed by atoms with Crippen LogP contribution in [-0.4, -0.2) is 30.4 Å². The van der Waals surface area contributed by atoms with Gasteiger partial charge in [-0.15, -0.1) is 0 Å². The highest BCUT2D eigenvalue weighted by atomic mass is 35.5. The first-order valence-electron chi connectivity index (χ1n) is 6.51. The molecule has 6 heteroatoms. The van der Waals surface area contributed by atoms with Crippen molar-refractivity contribution < 1.29 is 4.79 Å². The van der Waals surface area contributed by atoms with Crippen LogP contribution in [0.25, 0.3) is 0 Å². The van der Waals surface area contributed by atoms with Crippen molar-refractivity contribution in [2.45, 2.75) is 19.8 Å². The first-order chi connectivity index (χ1) is 9.56. The first kappa shape index (κ1) is 16.3. The standard InChI is InChI=1S/C14H19ClN4O/c1-2-19(8-3-7-16)9-6-14(20)18-13-5-4-11(17)10-12(13)15/h4-5,10H,2-3,6,8-9,17H2,1H3,(H,18,20). The number of rotatable bonds is 7. The minimum absolute atomic E-state index is 0.105. The third kappa shape index (κ3) is 5.47. The monoisotopic (exact) mass is 294 g/mol. The molecule has 0 unspecified atom stereocenters. The van der Waals surface area contributed by atoms with Crippen molar-refractivity contribution in [2.75, 3.05) is 30.7 Å². The molecule has 1 aromatic carbocycles. The van der Waals surface area contributed by atoms with Gasteiger partial charge in [-0.05, 0) is 24.7 Å². The van der Waals surface area contributed by atoms with Gasteiger partial charge in [-0.2, -0.15) is 5.26 Å². The fraction of sp³-hybridized carbons (Fsp3) is 0.429. The fourth-order valence-electron chi connectivity index (χ4n) is 1.74. The number of benzene rings is 1. The second-order valence-corrected chi connectivity index (χ2v) is 4.79. The number of nitrogens with two attached hydrogens (primary N) is 1. The van der Waals surface area contributed by atoms with E-state index in [4.69, 9.17) is 22.6 Å².